The highest BCUT2D eigenvalue weighted by molar-refractivity contribution is 5.38. The lowest BCUT2D eigenvalue weighted by molar-refractivity contribution is 0.664. The lowest BCUT2D eigenvalue weighted by Gasteiger charge is -2.15. The first-order chi connectivity index (χ1) is 8.22. The van der Waals surface area contributed by atoms with Crippen LogP contribution in [0, 0.1) is 0 Å². The molecule has 6 heteroatoms. The van der Waals surface area contributed by atoms with E-state index in [2.05, 4.69) is 25.7 Å². The van der Waals surface area contributed by atoms with Crippen LogP contribution in [0.3, 0.4) is 0 Å². The van der Waals surface area contributed by atoms with Crippen molar-refractivity contribution in [1.82, 2.24) is 25.7 Å². The van der Waals surface area contributed by atoms with Gasteiger partial charge >= 0.3 is 0 Å². The van der Waals surface area contributed by atoms with Gasteiger partial charge in [0.15, 0.2) is 0 Å². The fourth-order valence-corrected chi connectivity index (χ4v) is 1.67. The third-order valence-corrected chi connectivity index (χ3v) is 2.58. The summed E-state index contributed by atoms with van der Waals surface area (Å²) in [7, 11) is 5.82. The molecule has 0 aromatic carbocycles. The van der Waals surface area contributed by atoms with Gasteiger partial charge in [0.25, 0.3) is 0 Å². The van der Waals surface area contributed by atoms with E-state index in [-0.39, 0.29) is 6.04 Å². The molecule has 0 fully saturated rings. The lowest BCUT2D eigenvalue weighted by Crippen LogP contribution is -2.19. The zero-order valence-electron chi connectivity index (χ0n) is 10.2. The Morgan fingerprint density at radius 3 is 2.59 bits per heavy atom. The zero-order chi connectivity index (χ0) is 12.3. The van der Waals surface area contributed by atoms with Gasteiger partial charge in [0, 0.05) is 20.3 Å². The standard InChI is InChI=1S/C11H16N6/c1-12-11(9-7-14-16-15-9)8-4-5-10(13-6-8)17(2)3/h4-7,11-12H,1-3H3,(H,14,15,16). The van der Waals surface area contributed by atoms with E-state index in [1.54, 1.807) is 6.20 Å². The van der Waals surface area contributed by atoms with Crippen molar-refractivity contribution in [3.63, 3.8) is 0 Å². The van der Waals surface area contributed by atoms with Crippen LogP contribution in [0.4, 0.5) is 5.82 Å². The molecule has 0 saturated heterocycles. The summed E-state index contributed by atoms with van der Waals surface area (Å²) < 4.78 is 0. The van der Waals surface area contributed by atoms with E-state index in [1.165, 1.54) is 0 Å². The molecule has 0 bridgehead atoms. The SMILES string of the molecule is CNC(c1ccc(N(C)C)nc1)c1cn[nH]n1. The Bertz CT molecular complexity index is 447. The Labute approximate surface area is 100 Å². The van der Waals surface area contributed by atoms with Crippen LogP contribution in [0.1, 0.15) is 17.3 Å². The molecule has 1 atom stereocenters. The number of H-pyrrole nitrogens is 1. The first-order valence-corrected chi connectivity index (χ1v) is 5.38. The van der Waals surface area contributed by atoms with E-state index in [0.29, 0.717) is 0 Å². The van der Waals surface area contributed by atoms with Gasteiger partial charge in [-0.1, -0.05) is 6.07 Å². The molecule has 0 amide bonds. The number of aromatic amines is 1. The Hall–Kier alpha value is -1.95. The molecule has 1 unspecified atom stereocenters. The molecule has 90 valence electrons. The second kappa shape index (κ2) is 4.92. The normalized spacial score (nSPS) is 12.4. The number of nitrogens with zero attached hydrogens (tertiary/aromatic N) is 4. The number of pyridine rings is 1. The minimum Gasteiger partial charge on any atom is -0.363 e. The Morgan fingerprint density at radius 1 is 1.29 bits per heavy atom. The molecule has 0 aliphatic rings. The molecule has 17 heavy (non-hydrogen) atoms. The van der Waals surface area contributed by atoms with Crippen LogP contribution >= 0.6 is 0 Å². The van der Waals surface area contributed by atoms with Crippen molar-refractivity contribution in [3.8, 4) is 0 Å². The average molecular weight is 232 g/mol. The minimum absolute atomic E-state index is 0.0115. The fourth-order valence-electron chi connectivity index (χ4n) is 1.67. The first-order valence-electron chi connectivity index (χ1n) is 5.38. The third-order valence-electron chi connectivity index (χ3n) is 2.58. The summed E-state index contributed by atoms with van der Waals surface area (Å²) in [6.07, 6.45) is 3.56. The monoisotopic (exact) mass is 232 g/mol. The van der Waals surface area contributed by atoms with Crippen molar-refractivity contribution in [2.75, 3.05) is 26.0 Å². The molecular formula is C11H16N6. The van der Waals surface area contributed by atoms with Crippen LogP contribution < -0.4 is 10.2 Å². The van der Waals surface area contributed by atoms with Gasteiger partial charge in [0.1, 0.15) is 11.5 Å². The first kappa shape index (κ1) is 11.5. The zero-order valence-corrected chi connectivity index (χ0v) is 10.2. The molecule has 2 heterocycles. The molecule has 0 aliphatic heterocycles. The summed E-state index contributed by atoms with van der Waals surface area (Å²) in [6, 6.07) is 4.04. The summed E-state index contributed by atoms with van der Waals surface area (Å²) in [4.78, 5) is 6.35. The van der Waals surface area contributed by atoms with Crippen LogP contribution in [0.5, 0.6) is 0 Å². The van der Waals surface area contributed by atoms with Crippen LogP contribution in [0.15, 0.2) is 24.5 Å². The van der Waals surface area contributed by atoms with Gasteiger partial charge in [-0.2, -0.15) is 15.4 Å². The van der Waals surface area contributed by atoms with E-state index in [4.69, 9.17) is 0 Å². The molecule has 0 spiro atoms. The number of hydrogen-bond donors (Lipinski definition) is 2. The molecule has 0 saturated carbocycles. The Morgan fingerprint density at radius 2 is 2.12 bits per heavy atom. The molecule has 2 N–H and O–H groups in total. The second-order valence-corrected chi connectivity index (χ2v) is 3.96. The van der Waals surface area contributed by atoms with Gasteiger partial charge in [0.2, 0.25) is 0 Å². The molecule has 2 aromatic rings. The predicted octanol–water partition coefficient (Wildman–Crippen LogP) is 0.574. The largest absolute Gasteiger partial charge is 0.363 e. The number of anilines is 1. The average Bonchev–Trinajstić information content (AvgIpc) is 2.84. The van der Waals surface area contributed by atoms with Crippen LogP contribution in [-0.2, 0) is 0 Å². The van der Waals surface area contributed by atoms with Gasteiger partial charge < -0.3 is 10.2 Å². The number of rotatable bonds is 4. The van der Waals surface area contributed by atoms with Crippen molar-refractivity contribution in [2.24, 2.45) is 0 Å². The molecule has 2 rings (SSSR count). The van der Waals surface area contributed by atoms with Gasteiger partial charge in [0.05, 0.1) is 12.2 Å². The topological polar surface area (TPSA) is 69.7 Å². The van der Waals surface area contributed by atoms with Crippen molar-refractivity contribution in [3.05, 3.63) is 35.8 Å². The molecule has 6 nitrogen and oxygen atoms in total. The summed E-state index contributed by atoms with van der Waals surface area (Å²) in [5.41, 5.74) is 1.92. The maximum atomic E-state index is 4.38. The van der Waals surface area contributed by atoms with E-state index in [0.717, 1.165) is 17.1 Å². The van der Waals surface area contributed by atoms with Crippen molar-refractivity contribution in [2.45, 2.75) is 6.04 Å². The number of hydrogen-bond acceptors (Lipinski definition) is 5. The van der Waals surface area contributed by atoms with E-state index >= 15 is 0 Å². The van der Waals surface area contributed by atoms with E-state index in [1.807, 2.05) is 44.4 Å². The maximum absolute atomic E-state index is 4.38. The van der Waals surface area contributed by atoms with Crippen LogP contribution in [-0.4, -0.2) is 41.5 Å². The van der Waals surface area contributed by atoms with E-state index in [9.17, 15) is 0 Å². The lowest BCUT2D eigenvalue weighted by atomic mass is 10.1. The molecule has 0 aliphatic carbocycles. The quantitative estimate of drug-likeness (QED) is 0.806. The van der Waals surface area contributed by atoms with Crippen LogP contribution in [0.2, 0.25) is 0 Å². The highest BCUT2D eigenvalue weighted by Crippen LogP contribution is 2.19. The summed E-state index contributed by atoms with van der Waals surface area (Å²) >= 11 is 0. The second-order valence-electron chi connectivity index (χ2n) is 3.96. The highest BCUT2D eigenvalue weighted by Gasteiger charge is 2.14. The van der Waals surface area contributed by atoms with Crippen molar-refractivity contribution >= 4 is 5.82 Å². The van der Waals surface area contributed by atoms with Gasteiger partial charge in [-0.15, -0.1) is 0 Å². The van der Waals surface area contributed by atoms with Gasteiger partial charge in [-0.25, -0.2) is 4.98 Å². The number of nitrogens with one attached hydrogen (secondary N) is 2. The van der Waals surface area contributed by atoms with Crippen molar-refractivity contribution < 1.29 is 0 Å². The van der Waals surface area contributed by atoms with Gasteiger partial charge in [-0.05, 0) is 18.7 Å². The summed E-state index contributed by atoms with van der Waals surface area (Å²) in [6.45, 7) is 0. The van der Waals surface area contributed by atoms with Crippen LogP contribution in [0.25, 0.3) is 0 Å². The van der Waals surface area contributed by atoms with Gasteiger partial charge in [-0.3, -0.25) is 0 Å². The number of aromatic nitrogens is 4. The molecule has 2 aromatic heterocycles. The smallest absolute Gasteiger partial charge is 0.127 e. The highest BCUT2D eigenvalue weighted by atomic mass is 15.3. The molecular weight excluding hydrogens is 216 g/mol. The summed E-state index contributed by atoms with van der Waals surface area (Å²) in [5, 5.41) is 13.7. The minimum atomic E-state index is 0.0115. The third kappa shape index (κ3) is 2.42. The molecule has 0 radical (unpaired) electrons. The Balaban J connectivity index is 2.26. The van der Waals surface area contributed by atoms with E-state index < -0.39 is 0 Å². The maximum Gasteiger partial charge on any atom is 0.127 e. The van der Waals surface area contributed by atoms with Crippen molar-refractivity contribution in [1.29, 1.82) is 0 Å². The summed E-state index contributed by atoms with van der Waals surface area (Å²) in [5.74, 6) is 0.934. The predicted molar refractivity (Wildman–Crippen MR) is 65.8 cm³/mol. The Kier molecular flexibility index (Phi) is 3.34. The fraction of sp³-hybridized carbons (Fsp3) is 0.364.